The molecule has 4 heteroatoms. The summed E-state index contributed by atoms with van der Waals surface area (Å²) in [4.78, 5) is 12.6. The molecular formula is C16H26O4. The lowest BCUT2D eigenvalue weighted by atomic mass is 9.66. The number of cyclic esters (lactones) is 1. The number of rotatable bonds is 3. The van der Waals surface area contributed by atoms with Crippen molar-refractivity contribution in [1.82, 2.24) is 0 Å². The van der Waals surface area contributed by atoms with E-state index in [4.69, 9.17) is 14.2 Å². The molecule has 0 bridgehead atoms. The highest BCUT2D eigenvalue weighted by atomic mass is 16.7. The lowest BCUT2D eigenvalue weighted by Crippen LogP contribution is -2.39. The molecule has 114 valence electrons. The lowest BCUT2D eigenvalue weighted by molar-refractivity contribution is -0.162. The molecule has 0 unspecified atom stereocenters. The molecule has 0 radical (unpaired) electrons. The number of hydrogen-bond donors (Lipinski definition) is 0. The summed E-state index contributed by atoms with van der Waals surface area (Å²) in [5.74, 6) is 0.183. The Kier molecular flexibility index (Phi) is 3.18. The van der Waals surface area contributed by atoms with Crippen LogP contribution in [0.4, 0.5) is 0 Å². The zero-order chi connectivity index (χ0) is 14.6. The van der Waals surface area contributed by atoms with Crippen molar-refractivity contribution in [2.24, 2.45) is 17.3 Å². The van der Waals surface area contributed by atoms with E-state index in [9.17, 15) is 4.79 Å². The summed E-state index contributed by atoms with van der Waals surface area (Å²) in [5.41, 5.74) is -0.665. The zero-order valence-electron chi connectivity index (χ0n) is 13.0. The summed E-state index contributed by atoms with van der Waals surface area (Å²) < 4.78 is 17.1. The highest BCUT2D eigenvalue weighted by Gasteiger charge is 2.65. The van der Waals surface area contributed by atoms with Crippen LogP contribution in [0.1, 0.15) is 53.4 Å². The molecule has 4 nitrogen and oxygen atoms in total. The molecule has 0 N–H and O–H groups in total. The maximum atomic E-state index is 12.6. The maximum Gasteiger partial charge on any atom is 0.313 e. The van der Waals surface area contributed by atoms with Gasteiger partial charge in [-0.2, -0.15) is 0 Å². The minimum absolute atomic E-state index is 0.000836. The van der Waals surface area contributed by atoms with Gasteiger partial charge in [-0.15, -0.1) is 0 Å². The second kappa shape index (κ2) is 4.44. The third kappa shape index (κ3) is 1.92. The Morgan fingerprint density at radius 2 is 1.75 bits per heavy atom. The lowest BCUT2D eigenvalue weighted by Gasteiger charge is -2.34. The molecule has 2 heterocycles. The average Bonchev–Trinajstić information content (AvgIpc) is 2.97. The predicted molar refractivity (Wildman–Crippen MR) is 74.0 cm³/mol. The minimum atomic E-state index is -0.519. The van der Waals surface area contributed by atoms with Gasteiger partial charge in [0.1, 0.15) is 5.60 Å². The number of carbonyl (C=O) groups is 1. The van der Waals surface area contributed by atoms with Gasteiger partial charge in [-0.3, -0.25) is 4.79 Å². The van der Waals surface area contributed by atoms with E-state index in [-0.39, 0.29) is 17.0 Å². The molecule has 0 amide bonds. The fourth-order valence-electron chi connectivity index (χ4n) is 4.65. The molecule has 3 fully saturated rings. The number of hydrogen-bond acceptors (Lipinski definition) is 4. The van der Waals surface area contributed by atoms with E-state index >= 15 is 0 Å². The van der Waals surface area contributed by atoms with E-state index in [0.29, 0.717) is 25.0 Å². The van der Waals surface area contributed by atoms with Crippen LogP contribution in [0.3, 0.4) is 0 Å². The van der Waals surface area contributed by atoms with Crippen LogP contribution in [0.25, 0.3) is 0 Å². The van der Waals surface area contributed by atoms with Gasteiger partial charge in [0.2, 0.25) is 0 Å². The summed E-state index contributed by atoms with van der Waals surface area (Å²) in [6.07, 6.45) is 3.76. The molecule has 0 aromatic heterocycles. The van der Waals surface area contributed by atoms with Crippen molar-refractivity contribution in [2.75, 3.05) is 13.2 Å². The predicted octanol–water partition coefficient (Wildman–Crippen LogP) is 2.90. The molecule has 3 aliphatic rings. The summed E-state index contributed by atoms with van der Waals surface area (Å²) in [7, 11) is 0. The van der Waals surface area contributed by atoms with Gasteiger partial charge in [-0.25, -0.2) is 0 Å². The van der Waals surface area contributed by atoms with Crippen molar-refractivity contribution < 1.29 is 19.0 Å². The topological polar surface area (TPSA) is 44.8 Å². The maximum absolute atomic E-state index is 12.6. The first-order valence-corrected chi connectivity index (χ1v) is 7.81. The molecule has 3 rings (SSSR count). The molecule has 3 atom stereocenters. The van der Waals surface area contributed by atoms with Crippen molar-refractivity contribution in [3.63, 3.8) is 0 Å². The highest BCUT2D eigenvalue weighted by Crippen LogP contribution is 2.61. The van der Waals surface area contributed by atoms with Crippen LogP contribution in [-0.4, -0.2) is 30.6 Å². The second-order valence-electron chi connectivity index (χ2n) is 7.40. The SMILES string of the molecule is C[C@@H]1CC[C@H]2C(C)(C)OC(=O)[C@@]12CCC1(C)OCCO1. The van der Waals surface area contributed by atoms with Crippen LogP contribution in [0.2, 0.25) is 0 Å². The monoisotopic (exact) mass is 282 g/mol. The Hall–Kier alpha value is -0.610. The molecule has 2 saturated heterocycles. The Morgan fingerprint density at radius 3 is 2.40 bits per heavy atom. The first-order valence-electron chi connectivity index (χ1n) is 7.81. The van der Waals surface area contributed by atoms with Crippen molar-refractivity contribution in [3.05, 3.63) is 0 Å². The molecule has 20 heavy (non-hydrogen) atoms. The molecular weight excluding hydrogens is 256 g/mol. The van der Waals surface area contributed by atoms with Crippen molar-refractivity contribution in [3.8, 4) is 0 Å². The van der Waals surface area contributed by atoms with Crippen LogP contribution in [0.5, 0.6) is 0 Å². The second-order valence-corrected chi connectivity index (χ2v) is 7.40. The number of ether oxygens (including phenoxy) is 3. The Morgan fingerprint density at radius 1 is 1.10 bits per heavy atom. The first-order chi connectivity index (χ1) is 9.30. The van der Waals surface area contributed by atoms with Crippen LogP contribution in [-0.2, 0) is 19.0 Å². The van der Waals surface area contributed by atoms with Crippen LogP contribution >= 0.6 is 0 Å². The van der Waals surface area contributed by atoms with E-state index < -0.39 is 5.79 Å². The Labute approximate surface area is 121 Å². The number of fused-ring (bicyclic) bond motifs is 1. The smallest absolute Gasteiger partial charge is 0.313 e. The van der Waals surface area contributed by atoms with Crippen LogP contribution in [0, 0.1) is 17.3 Å². The van der Waals surface area contributed by atoms with Crippen LogP contribution < -0.4 is 0 Å². The molecule has 0 aromatic rings. The Bertz CT molecular complexity index is 411. The van der Waals surface area contributed by atoms with Gasteiger partial charge in [0.05, 0.1) is 18.6 Å². The number of carbonyl (C=O) groups excluding carboxylic acids is 1. The number of esters is 1. The van der Waals surface area contributed by atoms with Gasteiger partial charge in [0, 0.05) is 12.3 Å². The van der Waals surface area contributed by atoms with E-state index in [1.807, 2.05) is 6.92 Å². The standard InChI is InChI=1S/C16H26O4/c1-11-5-6-12-14(2,3)20-13(17)16(11,12)8-7-15(4)18-9-10-19-15/h11-12H,5-10H2,1-4H3/t11-,12+,16+/m1/s1. The molecule has 1 saturated carbocycles. The third-order valence-corrected chi connectivity index (χ3v) is 5.86. The fraction of sp³-hybridized carbons (Fsp3) is 0.938. The van der Waals surface area contributed by atoms with Gasteiger partial charge < -0.3 is 14.2 Å². The molecule has 2 aliphatic heterocycles. The quantitative estimate of drug-likeness (QED) is 0.747. The van der Waals surface area contributed by atoms with Gasteiger partial charge in [-0.1, -0.05) is 6.92 Å². The van der Waals surface area contributed by atoms with E-state index in [2.05, 4.69) is 20.8 Å². The van der Waals surface area contributed by atoms with Crippen LogP contribution in [0.15, 0.2) is 0 Å². The van der Waals surface area contributed by atoms with Gasteiger partial charge >= 0.3 is 5.97 Å². The van der Waals surface area contributed by atoms with E-state index in [0.717, 1.165) is 25.7 Å². The summed E-state index contributed by atoms with van der Waals surface area (Å²) in [5, 5.41) is 0. The fourth-order valence-corrected chi connectivity index (χ4v) is 4.65. The average molecular weight is 282 g/mol. The highest BCUT2D eigenvalue weighted by molar-refractivity contribution is 5.81. The molecule has 0 aromatic carbocycles. The third-order valence-electron chi connectivity index (χ3n) is 5.86. The zero-order valence-corrected chi connectivity index (χ0v) is 13.0. The summed E-state index contributed by atoms with van der Waals surface area (Å²) in [6, 6.07) is 0. The minimum Gasteiger partial charge on any atom is -0.459 e. The normalized spacial score (nSPS) is 41.7. The van der Waals surface area contributed by atoms with Crippen molar-refractivity contribution in [2.45, 2.75) is 64.8 Å². The van der Waals surface area contributed by atoms with Gasteiger partial charge in [-0.05, 0) is 46.0 Å². The largest absolute Gasteiger partial charge is 0.459 e. The van der Waals surface area contributed by atoms with Gasteiger partial charge in [0.15, 0.2) is 5.79 Å². The van der Waals surface area contributed by atoms with E-state index in [1.165, 1.54) is 0 Å². The van der Waals surface area contributed by atoms with Crippen molar-refractivity contribution >= 4 is 5.97 Å². The van der Waals surface area contributed by atoms with Gasteiger partial charge in [0.25, 0.3) is 0 Å². The first kappa shape index (κ1) is 14.3. The van der Waals surface area contributed by atoms with E-state index in [1.54, 1.807) is 0 Å². The Balaban J connectivity index is 1.82. The molecule has 0 spiro atoms. The summed E-state index contributed by atoms with van der Waals surface area (Å²) >= 11 is 0. The summed E-state index contributed by atoms with van der Waals surface area (Å²) in [6.45, 7) is 9.59. The molecule has 1 aliphatic carbocycles. The van der Waals surface area contributed by atoms with Crippen molar-refractivity contribution in [1.29, 1.82) is 0 Å².